The van der Waals surface area contributed by atoms with E-state index in [1.807, 2.05) is 18.2 Å². The Morgan fingerprint density at radius 1 is 1.21 bits per heavy atom. The van der Waals surface area contributed by atoms with E-state index in [1.54, 1.807) is 7.11 Å². The van der Waals surface area contributed by atoms with Crippen molar-refractivity contribution in [2.75, 3.05) is 26.0 Å². The summed E-state index contributed by atoms with van der Waals surface area (Å²) in [6.07, 6.45) is 8.42. The van der Waals surface area contributed by atoms with Crippen molar-refractivity contribution < 1.29 is 17.9 Å². The van der Waals surface area contributed by atoms with Crippen molar-refractivity contribution in [3.05, 3.63) is 29.3 Å². The summed E-state index contributed by atoms with van der Waals surface area (Å²) in [5, 5.41) is 2.79. The number of rotatable bonds is 8. The first-order chi connectivity index (χ1) is 13.5. The molecule has 156 valence electrons. The van der Waals surface area contributed by atoms with Crippen molar-refractivity contribution in [2.24, 2.45) is 5.92 Å². The van der Waals surface area contributed by atoms with Gasteiger partial charge in [-0.25, -0.2) is 8.42 Å². The second-order valence-corrected chi connectivity index (χ2v) is 10.0. The van der Waals surface area contributed by atoms with Gasteiger partial charge in [0.05, 0.1) is 12.9 Å². The Labute approximate surface area is 168 Å². The van der Waals surface area contributed by atoms with E-state index in [0.717, 1.165) is 23.3 Å². The minimum Gasteiger partial charge on any atom is -0.497 e. The summed E-state index contributed by atoms with van der Waals surface area (Å²) in [5.74, 6) is 1.38. The molecule has 1 aromatic rings. The lowest BCUT2D eigenvalue weighted by molar-refractivity contribution is -0.121. The van der Waals surface area contributed by atoms with Gasteiger partial charge in [-0.15, -0.1) is 0 Å². The number of ether oxygens (including phenoxy) is 1. The molecule has 28 heavy (non-hydrogen) atoms. The van der Waals surface area contributed by atoms with Gasteiger partial charge in [-0.1, -0.05) is 38.2 Å². The molecule has 1 N–H and O–H groups in total. The van der Waals surface area contributed by atoms with Crippen molar-refractivity contribution >= 4 is 15.9 Å². The number of fused-ring (bicyclic) bond motifs is 1. The topological polar surface area (TPSA) is 75.7 Å². The van der Waals surface area contributed by atoms with Gasteiger partial charge in [0.25, 0.3) is 0 Å². The lowest BCUT2D eigenvalue weighted by Crippen LogP contribution is -2.40. The van der Waals surface area contributed by atoms with Crippen molar-refractivity contribution in [2.45, 2.75) is 57.9 Å². The summed E-state index contributed by atoms with van der Waals surface area (Å²) in [6.45, 7) is 1.03. The fraction of sp³-hybridized carbons (Fsp3) is 0.667. The zero-order valence-corrected chi connectivity index (χ0v) is 17.6. The zero-order valence-electron chi connectivity index (χ0n) is 16.8. The number of nitrogens with one attached hydrogen (secondary N) is 1. The normalized spacial score (nSPS) is 18.5. The van der Waals surface area contributed by atoms with Crippen LogP contribution in [0.15, 0.2) is 18.2 Å². The van der Waals surface area contributed by atoms with Gasteiger partial charge in [0.1, 0.15) is 5.75 Å². The van der Waals surface area contributed by atoms with E-state index >= 15 is 0 Å². The molecule has 1 saturated carbocycles. The molecule has 3 rings (SSSR count). The number of sulfonamides is 1. The van der Waals surface area contributed by atoms with Crippen LogP contribution in [0.25, 0.3) is 0 Å². The van der Waals surface area contributed by atoms with Crippen LogP contribution in [0.1, 0.15) is 56.1 Å². The molecule has 1 amide bonds. The molecule has 1 aliphatic heterocycles. The van der Waals surface area contributed by atoms with Crippen molar-refractivity contribution in [1.82, 2.24) is 9.62 Å². The van der Waals surface area contributed by atoms with Crippen LogP contribution in [0.5, 0.6) is 5.75 Å². The van der Waals surface area contributed by atoms with E-state index in [4.69, 9.17) is 4.74 Å². The second kappa shape index (κ2) is 9.74. The van der Waals surface area contributed by atoms with Crippen LogP contribution in [-0.2, 0) is 27.8 Å². The third kappa shape index (κ3) is 5.70. The monoisotopic (exact) mass is 408 g/mol. The van der Waals surface area contributed by atoms with E-state index in [9.17, 15) is 13.2 Å². The van der Waals surface area contributed by atoms with Crippen LogP contribution >= 0.6 is 0 Å². The predicted molar refractivity (Wildman–Crippen MR) is 110 cm³/mol. The van der Waals surface area contributed by atoms with E-state index in [1.165, 1.54) is 36.4 Å². The van der Waals surface area contributed by atoms with E-state index < -0.39 is 10.0 Å². The Kier molecular flexibility index (Phi) is 7.35. The number of nitrogens with zero attached hydrogens (tertiary/aromatic N) is 1. The molecule has 2 aliphatic rings. The molecule has 0 unspecified atom stereocenters. The molecule has 1 aromatic carbocycles. The molecule has 1 fully saturated rings. The van der Waals surface area contributed by atoms with Crippen LogP contribution in [0.2, 0.25) is 0 Å². The zero-order chi connectivity index (χ0) is 20.0. The summed E-state index contributed by atoms with van der Waals surface area (Å²) < 4.78 is 32.1. The average molecular weight is 409 g/mol. The first-order valence-corrected chi connectivity index (χ1v) is 12.0. The highest BCUT2D eigenvalue weighted by atomic mass is 32.2. The van der Waals surface area contributed by atoms with Gasteiger partial charge >= 0.3 is 0 Å². The molecule has 0 bridgehead atoms. The predicted octanol–water partition coefficient (Wildman–Crippen LogP) is 2.86. The number of methoxy groups -OCH3 is 1. The van der Waals surface area contributed by atoms with Gasteiger partial charge in [-0.3, -0.25) is 4.79 Å². The van der Waals surface area contributed by atoms with Gasteiger partial charge in [0, 0.05) is 26.1 Å². The maximum absolute atomic E-state index is 12.7. The molecule has 6 nitrogen and oxygen atoms in total. The molecule has 0 saturated heterocycles. The number of benzene rings is 1. The highest BCUT2D eigenvalue weighted by Crippen LogP contribution is 2.27. The summed E-state index contributed by atoms with van der Waals surface area (Å²) >= 11 is 0. The van der Waals surface area contributed by atoms with Gasteiger partial charge < -0.3 is 10.1 Å². The summed E-state index contributed by atoms with van der Waals surface area (Å²) in [4.78, 5) is 12.0. The highest BCUT2D eigenvalue weighted by Gasteiger charge is 2.26. The molecule has 1 aliphatic carbocycles. The minimum atomic E-state index is -3.39. The molecule has 7 heteroatoms. The van der Waals surface area contributed by atoms with E-state index in [0.29, 0.717) is 31.8 Å². The third-order valence-electron chi connectivity index (χ3n) is 5.97. The molecular weight excluding hydrogens is 376 g/mol. The maximum Gasteiger partial charge on any atom is 0.220 e. The Morgan fingerprint density at radius 2 is 2.00 bits per heavy atom. The van der Waals surface area contributed by atoms with Crippen LogP contribution in [0, 0.1) is 5.92 Å². The summed E-state index contributed by atoms with van der Waals surface area (Å²) in [5.41, 5.74) is 2.16. The number of hydrogen-bond acceptors (Lipinski definition) is 4. The van der Waals surface area contributed by atoms with E-state index in [-0.39, 0.29) is 18.2 Å². The van der Waals surface area contributed by atoms with Gasteiger partial charge in [-0.05, 0) is 42.0 Å². The molecule has 0 aromatic heterocycles. The minimum absolute atomic E-state index is 0.0307. The molecule has 0 spiro atoms. The van der Waals surface area contributed by atoms with Crippen LogP contribution in [0.3, 0.4) is 0 Å². The second-order valence-electron chi connectivity index (χ2n) is 7.93. The largest absolute Gasteiger partial charge is 0.497 e. The van der Waals surface area contributed by atoms with Crippen LogP contribution in [-0.4, -0.2) is 44.6 Å². The number of hydrogen-bond donors (Lipinski definition) is 1. The van der Waals surface area contributed by atoms with E-state index in [2.05, 4.69) is 5.32 Å². The number of amides is 1. The SMILES string of the molecule is COc1ccc2c(c1)CCN(S(=O)(=O)CCNC(=O)CCC1CCCCC1)C2. The van der Waals surface area contributed by atoms with Crippen LogP contribution in [0.4, 0.5) is 0 Å². The standard InChI is InChI=1S/C21H32N2O4S/c1-27-20-9-8-19-16-23(13-11-18(19)15-20)28(25,26)14-12-22-21(24)10-7-17-5-3-2-4-6-17/h8-9,15,17H,2-7,10-14,16H2,1H3,(H,22,24). The van der Waals surface area contributed by atoms with Crippen molar-refractivity contribution in [3.63, 3.8) is 0 Å². The molecular formula is C21H32N2O4S. The average Bonchev–Trinajstić information content (AvgIpc) is 2.72. The first-order valence-electron chi connectivity index (χ1n) is 10.4. The fourth-order valence-corrected chi connectivity index (χ4v) is 5.54. The molecule has 0 atom stereocenters. The van der Waals surface area contributed by atoms with Crippen molar-refractivity contribution in [3.8, 4) is 5.75 Å². The Morgan fingerprint density at radius 3 is 2.75 bits per heavy atom. The third-order valence-corrected chi connectivity index (χ3v) is 7.79. The highest BCUT2D eigenvalue weighted by molar-refractivity contribution is 7.89. The van der Waals surface area contributed by atoms with Gasteiger partial charge in [-0.2, -0.15) is 4.31 Å². The summed E-state index contributed by atoms with van der Waals surface area (Å²) in [6, 6.07) is 5.77. The number of carbonyl (C=O) groups is 1. The van der Waals surface area contributed by atoms with Crippen molar-refractivity contribution in [1.29, 1.82) is 0 Å². The van der Waals surface area contributed by atoms with Crippen LogP contribution < -0.4 is 10.1 Å². The quantitative estimate of drug-likeness (QED) is 0.718. The lowest BCUT2D eigenvalue weighted by atomic mass is 9.86. The summed E-state index contributed by atoms with van der Waals surface area (Å²) in [7, 11) is -1.76. The first kappa shape index (κ1) is 21.1. The fourth-order valence-electron chi connectivity index (χ4n) is 4.22. The van der Waals surface area contributed by atoms with Gasteiger partial charge in [0.15, 0.2) is 0 Å². The Balaban J connectivity index is 1.43. The maximum atomic E-state index is 12.7. The molecule has 0 radical (unpaired) electrons. The Hall–Kier alpha value is -1.60. The molecule has 1 heterocycles. The lowest BCUT2D eigenvalue weighted by Gasteiger charge is -2.28. The van der Waals surface area contributed by atoms with Gasteiger partial charge in [0.2, 0.25) is 15.9 Å². The smallest absolute Gasteiger partial charge is 0.220 e. The Bertz CT molecular complexity index is 773. The number of carbonyl (C=O) groups excluding carboxylic acids is 1.